The number of ether oxygens (including phenoxy) is 1. The van der Waals surface area contributed by atoms with Crippen molar-refractivity contribution in [3.05, 3.63) is 11.5 Å². The van der Waals surface area contributed by atoms with E-state index in [1.807, 2.05) is 7.05 Å². The number of halogens is 1. The summed E-state index contributed by atoms with van der Waals surface area (Å²) in [5.74, 6) is 0.662. The third-order valence-electron chi connectivity index (χ3n) is 2.13. The van der Waals surface area contributed by atoms with Gasteiger partial charge in [-0.25, -0.2) is 4.98 Å². The summed E-state index contributed by atoms with van der Waals surface area (Å²) in [6, 6.07) is 0. The van der Waals surface area contributed by atoms with E-state index in [0.717, 1.165) is 19.5 Å². The summed E-state index contributed by atoms with van der Waals surface area (Å²) < 4.78 is 7.48. The van der Waals surface area contributed by atoms with Crippen LogP contribution in [0, 0.1) is 0 Å². The smallest absolute Gasteiger partial charge is 0.233 e. The van der Waals surface area contributed by atoms with E-state index in [1.54, 1.807) is 10.9 Å². The fourth-order valence-corrected chi connectivity index (χ4v) is 1.63. The van der Waals surface area contributed by atoms with Crippen molar-refractivity contribution >= 4 is 11.6 Å². The summed E-state index contributed by atoms with van der Waals surface area (Å²) in [5, 5.41) is 3.67. The lowest BCUT2D eigenvalue weighted by molar-refractivity contribution is 0.207. The monoisotopic (exact) mass is 201 g/mol. The van der Waals surface area contributed by atoms with Crippen LogP contribution in [-0.2, 0) is 7.05 Å². The van der Waals surface area contributed by atoms with E-state index >= 15 is 0 Å². The fraction of sp³-hybridized carbons (Fsp3) is 0.625. The highest BCUT2D eigenvalue weighted by molar-refractivity contribution is 6.30. The summed E-state index contributed by atoms with van der Waals surface area (Å²) in [6.45, 7) is 1.90. The van der Waals surface area contributed by atoms with E-state index in [-0.39, 0.29) is 6.10 Å². The molecule has 0 amide bonds. The molecule has 0 saturated carbocycles. The first kappa shape index (κ1) is 8.84. The van der Waals surface area contributed by atoms with Gasteiger partial charge in [-0.05, 0) is 13.0 Å². The minimum absolute atomic E-state index is 0.230. The molecule has 1 unspecified atom stereocenters. The van der Waals surface area contributed by atoms with Gasteiger partial charge in [0.25, 0.3) is 0 Å². The molecule has 0 aromatic carbocycles. The lowest BCUT2D eigenvalue weighted by Gasteiger charge is -2.12. The molecule has 1 N–H and O–H groups in total. The fourth-order valence-electron chi connectivity index (χ4n) is 1.41. The number of hydrogen-bond donors (Lipinski definition) is 1. The van der Waals surface area contributed by atoms with Crippen LogP contribution in [0.1, 0.15) is 6.42 Å². The van der Waals surface area contributed by atoms with Crippen LogP contribution >= 0.6 is 11.6 Å². The number of hydrogen-bond acceptors (Lipinski definition) is 3. The number of aromatic nitrogens is 2. The Labute approximate surface area is 81.9 Å². The molecular formula is C8H12ClN3O. The SMILES string of the molecule is Cn1cnc(Cl)c1OC1CCNC1. The second kappa shape index (κ2) is 3.55. The summed E-state index contributed by atoms with van der Waals surface area (Å²) >= 11 is 5.85. The second-order valence-electron chi connectivity index (χ2n) is 3.18. The van der Waals surface area contributed by atoms with Crippen LogP contribution in [0.15, 0.2) is 6.33 Å². The maximum atomic E-state index is 5.85. The zero-order valence-electron chi connectivity index (χ0n) is 7.46. The van der Waals surface area contributed by atoms with Crippen LogP contribution in [-0.4, -0.2) is 28.7 Å². The van der Waals surface area contributed by atoms with Crippen molar-refractivity contribution in [2.45, 2.75) is 12.5 Å². The van der Waals surface area contributed by atoms with E-state index in [9.17, 15) is 0 Å². The van der Waals surface area contributed by atoms with Crippen LogP contribution in [0.5, 0.6) is 5.88 Å². The molecule has 1 fully saturated rings. The largest absolute Gasteiger partial charge is 0.472 e. The molecule has 1 aliphatic rings. The third kappa shape index (κ3) is 1.78. The van der Waals surface area contributed by atoms with Crippen molar-refractivity contribution in [3.8, 4) is 5.88 Å². The van der Waals surface area contributed by atoms with Gasteiger partial charge in [-0.15, -0.1) is 0 Å². The van der Waals surface area contributed by atoms with Gasteiger partial charge in [-0.2, -0.15) is 0 Å². The summed E-state index contributed by atoms with van der Waals surface area (Å²) in [7, 11) is 1.87. The number of aryl methyl sites for hydroxylation is 1. The van der Waals surface area contributed by atoms with Gasteiger partial charge in [0.15, 0.2) is 5.15 Å². The first-order valence-corrected chi connectivity index (χ1v) is 4.69. The molecule has 0 bridgehead atoms. The zero-order chi connectivity index (χ0) is 9.26. The van der Waals surface area contributed by atoms with Gasteiger partial charge in [0.2, 0.25) is 5.88 Å². The standard InChI is InChI=1S/C8H12ClN3O/c1-12-5-11-7(9)8(12)13-6-2-3-10-4-6/h5-6,10H,2-4H2,1H3. The molecule has 4 nitrogen and oxygen atoms in total. The summed E-state index contributed by atoms with van der Waals surface area (Å²) in [6.07, 6.45) is 2.91. The highest BCUT2D eigenvalue weighted by atomic mass is 35.5. The Bertz CT molecular complexity index is 274. The maximum absolute atomic E-state index is 5.85. The number of nitrogens with one attached hydrogen (secondary N) is 1. The predicted molar refractivity (Wildman–Crippen MR) is 50.1 cm³/mol. The first-order chi connectivity index (χ1) is 6.27. The van der Waals surface area contributed by atoms with Crippen molar-refractivity contribution in [1.82, 2.24) is 14.9 Å². The molecule has 0 aliphatic carbocycles. The molecule has 2 heterocycles. The molecule has 13 heavy (non-hydrogen) atoms. The van der Waals surface area contributed by atoms with Crippen LogP contribution in [0.3, 0.4) is 0 Å². The first-order valence-electron chi connectivity index (χ1n) is 4.31. The Morgan fingerprint density at radius 1 is 1.77 bits per heavy atom. The van der Waals surface area contributed by atoms with Gasteiger partial charge in [0, 0.05) is 13.6 Å². The van der Waals surface area contributed by atoms with Gasteiger partial charge >= 0.3 is 0 Å². The van der Waals surface area contributed by atoms with Gasteiger partial charge < -0.3 is 14.6 Å². The quantitative estimate of drug-likeness (QED) is 0.770. The minimum atomic E-state index is 0.230. The van der Waals surface area contributed by atoms with Crippen molar-refractivity contribution < 1.29 is 4.74 Å². The molecule has 1 aromatic heterocycles. The Morgan fingerprint density at radius 2 is 2.62 bits per heavy atom. The molecule has 0 radical (unpaired) electrons. The van der Waals surface area contributed by atoms with Crippen LogP contribution in [0.2, 0.25) is 5.15 Å². The molecule has 1 aromatic rings. The normalized spacial score (nSPS) is 22.2. The average Bonchev–Trinajstić information content (AvgIpc) is 2.70. The summed E-state index contributed by atoms with van der Waals surface area (Å²) in [4.78, 5) is 3.94. The second-order valence-corrected chi connectivity index (χ2v) is 3.54. The molecule has 2 rings (SSSR count). The molecule has 1 saturated heterocycles. The number of nitrogens with zero attached hydrogens (tertiary/aromatic N) is 2. The zero-order valence-corrected chi connectivity index (χ0v) is 8.21. The van der Waals surface area contributed by atoms with Gasteiger partial charge in [0.05, 0.1) is 6.33 Å². The van der Waals surface area contributed by atoms with Crippen LogP contribution in [0.4, 0.5) is 0 Å². The van der Waals surface area contributed by atoms with Crippen LogP contribution in [0.25, 0.3) is 0 Å². The molecule has 1 aliphatic heterocycles. The molecule has 72 valence electrons. The number of imidazole rings is 1. The third-order valence-corrected chi connectivity index (χ3v) is 2.39. The van der Waals surface area contributed by atoms with E-state index in [0.29, 0.717) is 11.0 Å². The van der Waals surface area contributed by atoms with Crippen LogP contribution < -0.4 is 10.1 Å². The summed E-state index contributed by atoms with van der Waals surface area (Å²) in [5.41, 5.74) is 0. The van der Waals surface area contributed by atoms with Crippen molar-refractivity contribution in [1.29, 1.82) is 0 Å². The Hall–Kier alpha value is -0.740. The van der Waals surface area contributed by atoms with Gasteiger partial charge in [-0.3, -0.25) is 0 Å². The lowest BCUT2D eigenvalue weighted by Crippen LogP contribution is -2.20. The molecule has 0 spiro atoms. The van der Waals surface area contributed by atoms with E-state index < -0.39 is 0 Å². The van der Waals surface area contributed by atoms with Crippen molar-refractivity contribution in [3.63, 3.8) is 0 Å². The lowest BCUT2D eigenvalue weighted by atomic mass is 10.3. The van der Waals surface area contributed by atoms with Gasteiger partial charge in [0.1, 0.15) is 6.10 Å². The highest BCUT2D eigenvalue weighted by Crippen LogP contribution is 2.23. The van der Waals surface area contributed by atoms with E-state index in [4.69, 9.17) is 16.3 Å². The van der Waals surface area contributed by atoms with E-state index in [2.05, 4.69) is 10.3 Å². The minimum Gasteiger partial charge on any atom is -0.472 e. The molecular weight excluding hydrogens is 190 g/mol. The van der Waals surface area contributed by atoms with E-state index in [1.165, 1.54) is 0 Å². The Kier molecular flexibility index (Phi) is 2.42. The Balaban J connectivity index is 2.07. The topological polar surface area (TPSA) is 39.1 Å². The van der Waals surface area contributed by atoms with Gasteiger partial charge in [-0.1, -0.05) is 11.6 Å². The highest BCUT2D eigenvalue weighted by Gasteiger charge is 2.19. The van der Waals surface area contributed by atoms with Crippen molar-refractivity contribution in [2.24, 2.45) is 7.05 Å². The number of rotatable bonds is 2. The Morgan fingerprint density at radius 3 is 3.15 bits per heavy atom. The molecule has 1 atom stereocenters. The molecule has 5 heteroatoms. The van der Waals surface area contributed by atoms with Crippen molar-refractivity contribution in [2.75, 3.05) is 13.1 Å². The predicted octanol–water partition coefficient (Wildman–Crippen LogP) is 0.814. The maximum Gasteiger partial charge on any atom is 0.233 e. The average molecular weight is 202 g/mol.